The van der Waals surface area contributed by atoms with Crippen molar-refractivity contribution in [2.75, 3.05) is 27.2 Å². The Morgan fingerprint density at radius 3 is 2.55 bits per heavy atom. The van der Waals surface area contributed by atoms with Crippen LogP contribution in [0.2, 0.25) is 0 Å². The van der Waals surface area contributed by atoms with Crippen molar-refractivity contribution in [1.29, 1.82) is 0 Å². The van der Waals surface area contributed by atoms with Crippen LogP contribution in [0.5, 0.6) is 0 Å². The van der Waals surface area contributed by atoms with Crippen LogP contribution in [-0.4, -0.2) is 46.5 Å². The molecule has 0 aliphatic rings. The molecule has 0 unspecified atom stereocenters. The van der Waals surface area contributed by atoms with Crippen LogP contribution in [0.4, 0.5) is 9.18 Å². The Hall–Kier alpha value is -1.19. The van der Waals surface area contributed by atoms with E-state index in [1.807, 2.05) is 0 Å². The molecule has 0 spiro atoms. The highest BCUT2D eigenvalue weighted by atomic mass is 79.9. The zero-order valence-corrected chi connectivity index (χ0v) is 13.4. The Kier molecular flexibility index (Phi) is 5.90. The molecule has 0 heterocycles. The topological polar surface area (TPSA) is 78.5 Å². The largest absolute Gasteiger partial charge is 0.337 e. The van der Waals surface area contributed by atoms with E-state index in [0.717, 1.165) is 12.1 Å². The Morgan fingerprint density at radius 2 is 2.00 bits per heavy atom. The Labute approximate surface area is 125 Å². The number of carbonyl (C=O) groups excluding carboxylic acids is 1. The van der Waals surface area contributed by atoms with Crippen molar-refractivity contribution in [3.05, 3.63) is 28.5 Å². The van der Waals surface area contributed by atoms with E-state index >= 15 is 0 Å². The predicted molar refractivity (Wildman–Crippen MR) is 76.4 cm³/mol. The molecule has 2 amide bonds. The summed E-state index contributed by atoms with van der Waals surface area (Å²) in [6.45, 7) is 0.181. The fourth-order valence-electron chi connectivity index (χ4n) is 1.28. The number of urea groups is 1. The van der Waals surface area contributed by atoms with Gasteiger partial charge in [-0.25, -0.2) is 22.3 Å². The summed E-state index contributed by atoms with van der Waals surface area (Å²) < 4.78 is 39.3. The van der Waals surface area contributed by atoms with Crippen LogP contribution in [-0.2, 0) is 10.0 Å². The average Bonchev–Trinajstić information content (AvgIpc) is 2.33. The van der Waals surface area contributed by atoms with Gasteiger partial charge in [0.15, 0.2) is 0 Å². The van der Waals surface area contributed by atoms with Gasteiger partial charge in [-0.15, -0.1) is 0 Å². The standard InChI is InChI=1S/C11H15BrFN3O3S/c1-16(2)11(17)14-5-6-15-20(18,19)10-4-3-8(13)7-9(10)12/h3-4,7,15H,5-6H2,1-2H3,(H,14,17). The lowest BCUT2D eigenvalue weighted by molar-refractivity contribution is 0.217. The second kappa shape index (κ2) is 7.00. The maximum Gasteiger partial charge on any atom is 0.316 e. The number of amides is 2. The molecule has 20 heavy (non-hydrogen) atoms. The van der Waals surface area contributed by atoms with E-state index in [2.05, 4.69) is 26.0 Å². The average molecular weight is 368 g/mol. The third-order valence-electron chi connectivity index (χ3n) is 2.28. The number of rotatable bonds is 5. The van der Waals surface area contributed by atoms with Crippen molar-refractivity contribution in [3.63, 3.8) is 0 Å². The lowest BCUT2D eigenvalue weighted by atomic mass is 10.3. The van der Waals surface area contributed by atoms with Crippen LogP contribution in [0.15, 0.2) is 27.6 Å². The molecule has 6 nitrogen and oxygen atoms in total. The summed E-state index contributed by atoms with van der Waals surface area (Å²) in [6, 6.07) is 2.99. The van der Waals surface area contributed by atoms with Crippen molar-refractivity contribution >= 4 is 32.0 Å². The third kappa shape index (κ3) is 4.73. The minimum atomic E-state index is -3.75. The molecule has 112 valence electrons. The first-order valence-electron chi connectivity index (χ1n) is 5.64. The predicted octanol–water partition coefficient (Wildman–Crippen LogP) is 1.14. The van der Waals surface area contributed by atoms with Gasteiger partial charge in [-0.3, -0.25) is 0 Å². The molecule has 0 atom stereocenters. The highest BCUT2D eigenvalue weighted by Crippen LogP contribution is 2.22. The van der Waals surface area contributed by atoms with Crippen molar-refractivity contribution < 1.29 is 17.6 Å². The van der Waals surface area contributed by atoms with Gasteiger partial charge < -0.3 is 10.2 Å². The van der Waals surface area contributed by atoms with Gasteiger partial charge in [0.2, 0.25) is 10.0 Å². The SMILES string of the molecule is CN(C)C(=O)NCCNS(=O)(=O)c1ccc(F)cc1Br. The van der Waals surface area contributed by atoms with Crippen molar-refractivity contribution in [2.24, 2.45) is 0 Å². The van der Waals surface area contributed by atoms with Crippen LogP contribution in [0.3, 0.4) is 0 Å². The third-order valence-corrected chi connectivity index (χ3v) is 4.72. The summed E-state index contributed by atoms with van der Waals surface area (Å²) in [5.41, 5.74) is 0. The number of hydrogen-bond acceptors (Lipinski definition) is 3. The number of nitrogens with zero attached hydrogens (tertiary/aromatic N) is 1. The van der Waals surface area contributed by atoms with Gasteiger partial charge >= 0.3 is 6.03 Å². The molecular weight excluding hydrogens is 353 g/mol. The highest BCUT2D eigenvalue weighted by molar-refractivity contribution is 9.10. The number of hydrogen-bond donors (Lipinski definition) is 2. The molecule has 0 fully saturated rings. The molecular formula is C11H15BrFN3O3S. The fourth-order valence-corrected chi connectivity index (χ4v) is 3.36. The summed E-state index contributed by atoms with van der Waals surface area (Å²) in [6.07, 6.45) is 0. The van der Waals surface area contributed by atoms with Crippen LogP contribution < -0.4 is 10.0 Å². The maximum absolute atomic E-state index is 12.9. The fraction of sp³-hybridized carbons (Fsp3) is 0.364. The maximum atomic E-state index is 12.9. The summed E-state index contributed by atoms with van der Waals surface area (Å²) >= 11 is 3.00. The van der Waals surface area contributed by atoms with Crippen LogP contribution >= 0.6 is 15.9 Å². The van der Waals surface area contributed by atoms with Crippen LogP contribution in [0, 0.1) is 5.82 Å². The van der Waals surface area contributed by atoms with E-state index in [9.17, 15) is 17.6 Å². The zero-order valence-electron chi connectivity index (χ0n) is 11.0. The minimum absolute atomic E-state index is 0.0335. The number of sulfonamides is 1. The van der Waals surface area contributed by atoms with E-state index in [1.54, 1.807) is 14.1 Å². The van der Waals surface area contributed by atoms with Gasteiger partial charge in [0.1, 0.15) is 5.82 Å². The molecule has 0 aromatic heterocycles. The molecule has 0 aliphatic carbocycles. The number of benzene rings is 1. The number of nitrogens with one attached hydrogen (secondary N) is 2. The van der Waals surface area contributed by atoms with Gasteiger partial charge in [-0.05, 0) is 34.1 Å². The highest BCUT2D eigenvalue weighted by Gasteiger charge is 2.17. The number of carbonyl (C=O) groups is 1. The van der Waals surface area contributed by atoms with E-state index < -0.39 is 15.8 Å². The Bertz CT molecular complexity index is 593. The van der Waals surface area contributed by atoms with Gasteiger partial charge in [0, 0.05) is 31.7 Å². The molecule has 0 bridgehead atoms. The molecule has 0 radical (unpaired) electrons. The molecule has 1 rings (SSSR count). The Morgan fingerprint density at radius 1 is 1.35 bits per heavy atom. The quantitative estimate of drug-likeness (QED) is 0.765. The molecule has 9 heteroatoms. The van der Waals surface area contributed by atoms with Crippen LogP contribution in [0.1, 0.15) is 0 Å². The first kappa shape index (κ1) is 16.9. The second-order valence-corrected chi connectivity index (χ2v) is 6.69. The minimum Gasteiger partial charge on any atom is -0.337 e. The van der Waals surface area contributed by atoms with Crippen molar-refractivity contribution in [2.45, 2.75) is 4.90 Å². The van der Waals surface area contributed by atoms with Gasteiger partial charge in [-0.2, -0.15) is 0 Å². The lowest BCUT2D eigenvalue weighted by Gasteiger charge is -2.12. The summed E-state index contributed by atoms with van der Waals surface area (Å²) in [7, 11) is -0.597. The van der Waals surface area contributed by atoms with Crippen LogP contribution in [0.25, 0.3) is 0 Å². The molecule has 2 N–H and O–H groups in total. The van der Waals surface area contributed by atoms with Crippen molar-refractivity contribution in [1.82, 2.24) is 14.9 Å². The summed E-state index contributed by atoms with van der Waals surface area (Å²) in [5, 5.41) is 2.52. The molecule has 1 aromatic carbocycles. The smallest absolute Gasteiger partial charge is 0.316 e. The zero-order chi connectivity index (χ0) is 15.3. The molecule has 0 aliphatic heterocycles. The monoisotopic (exact) mass is 367 g/mol. The molecule has 0 saturated heterocycles. The van der Waals surface area contributed by atoms with E-state index in [0.29, 0.717) is 0 Å². The van der Waals surface area contributed by atoms with Crippen molar-refractivity contribution in [3.8, 4) is 0 Å². The van der Waals surface area contributed by atoms with Gasteiger partial charge in [0.05, 0.1) is 4.90 Å². The number of halogens is 2. The normalized spacial score (nSPS) is 11.2. The van der Waals surface area contributed by atoms with E-state index in [1.165, 1.54) is 11.0 Å². The van der Waals surface area contributed by atoms with Gasteiger partial charge in [0.25, 0.3) is 0 Å². The summed E-state index contributed by atoms with van der Waals surface area (Å²) in [4.78, 5) is 12.5. The first-order chi connectivity index (χ1) is 9.24. The van der Waals surface area contributed by atoms with E-state index in [-0.39, 0.29) is 28.5 Å². The second-order valence-electron chi connectivity index (χ2n) is 4.10. The lowest BCUT2D eigenvalue weighted by Crippen LogP contribution is -2.39. The Balaban J connectivity index is 2.60. The van der Waals surface area contributed by atoms with Gasteiger partial charge in [-0.1, -0.05) is 0 Å². The van der Waals surface area contributed by atoms with E-state index in [4.69, 9.17) is 0 Å². The first-order valence-corrected chi connectivity index (χ1v) is 7.91. The summed E-state index contributed by atoms with van der Waals surface area (Å²) in [5.74, 6) is -0.533. The molecule has 0 saturated carbocycles. The molecule has 1 aromatic rings.